The molecular weight excluding hydrogens is 196 g/mol. The van der Waals surface area contributed by atoms with E-state index in [1.165, 1.54) is 6.20 Å². The van der Waals surface area contributed by atoms with Gasteiger partial charge in [0.2, 0.25) is 5.95 Å². The van der Waals surface area contributed by atoms with E-state index in [0.29, 0.717) is 5.56 Å². The number of nitrogens with one attached hydrogen (secondary N) is 2. The predicted molar refractivity (Wildman–Crippen MR) is 53.0 cm³/mol. The average molecular weight is 204 g/mol. The molecule has 4 N–H and O–H groups in total. The van der Waals surface area contributed by atoms with Crippen LogP contribution in [0.25, 0.3) is 0 Å². The summed E-state index contributed by atoms with van der Waals surface area (Å²) in [6, 6.07) is 3.31. The standard InChI is InChI=1S/C8H8N6O/c9-7-12-8(14-13-7)11-6(15)5-2-1-3-10-4-5/h1-4H,(H4,9,11,12,13,14,15). The number of aromatic nitrogens is 4. The topological polar surface area (TPSA) is 110 Å². The molecule has 0 aliphatic rings. The van der Waals surface area contributed by atoms with Crippen LogP contribution in [0.4, 0.5) is 11.9 Å². The van der Waals surface area contributed by atoms with Crippen LogP contribution in [0.3, 0.4) is 0 Å². The maximum absolute atomic E-state index is 11.5. The van der Waals surface area contributed by atoms with Gasteiger partial charge >= 0.3 is 0 Å². The smallest absolute Gasteiger partial charge is 0.259 e. The van der Waals surface area contributed by atoms with Crippen molar-refractivity contribution in [3.05, 3.63) is 30.1 Å². The summed E-state index contributed by atoms with van der Waals surface area (Å²) in [5, 5.41) is 8.55. The number of carbonyl (C=O) groups excluding carboxylic acids is 1. The van der Waals surface area contributed by atoms with Gasteiger partial charge in [0.25, 0.3) is 11.9 Å². The Morgan fingerprint density at radius 1 is 1.53 bits per heavy atom. The number of H-pyrrole nitrogens is 1. The van der Waals surface area contributed by atoms with Crippen molar-refractivity contribution in [2.75, 3.05) is 11.1 Å². The summed E-state index contributed by atoms with van der Waals surface area (Å²) in [6.07, 6.45) is 3.03. The zero-order valence-corrected chi connectivity index (χ0v) is 7.64. The molecule has 0 aliphatic carbocycles. The second-order valence-electron chi connectivity index (χ2n) is 2.74. The molecule has 0 bridgehead atoms. The Morgan fingerprint density at radius 3 is 3.00 bits per heavy atom. The minimum Gasteiger partial charge on any atom is -0.368 e. The van der Waals surface area contributed by atoms with Crippen molar-refractivity contribution in [1.29, 1.82) is 0 Å². The van der Waals surface area contributed by atoms with Crippen LogP contribution in [0, 0.1) is 0 Å². The van der Waals surface area contributed by atoms with Gasteiger partial charge in [-0.25, -0.2) is 5.10 Å². The number of hydrogen-bond donors (Lipinski definition) is 3. The number of hydrogen-bond acceptors (Lipinski definition) is 5. The van der Waals surface area contributed by atoms with Gasteiger partial charge in [0.05, 0.1) is 5.56 Å². The van der Waals surface area contributed by atoms with Crippen molar-refractivity contribution in [2.45, 2.75) is 0 Å². The van der Waals surface area contributed by atoms with E-state index in [4.69, 9.17) is 5.73 Å². The Kier molecular flexibility index (Phi) is 2.28. The molecule has 2 aromatic rings. The van der Waals surface area contributed by atoms with E-state index >= 15 is 0 Å². The van der Waals surface area contributed by atoms with Gasteiger partial charge in [0.15, 0.2) is 0 Å². The number of rotatable bonds is 2. The van der Waals surface area contributed by atoms with Gasteiger partial charge in [0, 0.05) is 12.4 Å². The minimum atomic E-state index is -0.331. The first-order valence-corrected chi connectivity index (χ1v) is 4.15. The van der Waals surface area contributed by atoms with E-state index in [-0.39, 0.29) is 17.8 Å². The molecular formula is C8H8N6O. The normalized spacial score (nSPS) is 9.87. The zero-order chi connectivity index (χ0) is 10.7. The molecule has 76 valence electrons. The predicted octanol–water partition coefficient (Wildman–Crippen LogP) is 0.0342. The van der Waals surface area contributed by atoms with Crippen molar-refractivity contribution in [1.82, 2.24) is 20.2 Å². The van der Waals surface area contributed by atoms with Crippen LogP contribution in [-0.4, -0.2) is 26.1 Å². The first-order valence-electron chi connectivity index (χ1n) is 4.15. The van der Waals surface area contributed by atoms with Crippen LogP contribution in [0.15, 0.2) is 24.5 Å². The number of nitrogens with two attached hydrogens (primary N) is 1. The maximum atomic E-state index is 11.5. The first-order chi connectivity index (χ1) is 7.25. The summed E-state index contributed by atoms with van der Waals surface area (Å²) in [4.78, 5) is 19.1. The van der Waals surface area contributed by atoms with Crippen LogP contribution in [-0.2, 0) is 0 Å². The van der Waals surface area contributed by atoms with Gasteiger partial charge in [-0.15, -0.1) is 5.10 Å². The molecule has 7 heteroatoms. The Bertz CT molecular complexity index is 465. The summed E-state index contributed by atoms with van der Waals surface area (Å²) < 4.78 is 0. The average Bonchev–Trinajstić information content (AvgIpc) is 2.65. The van der Waals surface area contributed by atoms with Crippen molar-refractivity contribution in [3.63, 3.8) is 0 Å². The zero-order valence-electron chi connectivity index (χ0n) is 7.64. The Labute approximate surface area is 84.7 Å². The third kappa shape index (κ3) is 2.08. The molecule has 0 aromatic carbocycles. The molecule has 0 fully saturated rings. The second kappa shape index (κ2) is 3.74. The van der Waals surface area contributed by atoms with E-state index in [0.717, 1.165) is 0 Å². The number of pyridine rings is 1. The molecule has 1 amide bonds. The lowest BCUT2D eigenvalue weighted by Crippen LogP contribution is -2.13. The van der Waals surface area contributed by atoms with E-state index in [2.05, 4.69) is 25.5 Å². The lowest BCUT2D eigenvalue weighted by atomic mass is 10.3. The Hall–Kier alpha value is -2.44. The van der Waals surface area contributed by atoms with Crippen LogP contribution >= 0.6 is 0 Å². The molecule has 2 aromatic heterocycles. The summed E-state index contributed by atoms with van der Waals surface area (Å²) in [6.45, 7) is 0. The molecule has 0 atom stereocenters. The first kappa shape index (κ1) is 9.13. The molecule has 0 spiro atoms. The lowest BCUT2D eigenvalue weighted by molar-refractivity contribution is 0.102. The highest BCUT2D eigenvalue weighted by Gasteiger charge is 2.08. The van der Waals surface area contributed by atoms with Crippen LogP contribution in [0.2, 0.25) is 0 Å². The summed E-state index contributed by atoms with van der Waals surface area (Å²) in [5.74, 6) is -0.0417. The molecule has 7 nitrogen and oxygen atoms in total. The SMILES string of the molecule is Nc1nc(NC(=O)c2cccnc2)n[nH]1. The van der Waals surface area contributed by atoms with E-state index < -0.39 is 0 Å². The van der Waals surface area contributed by atoms with Crippen LogP contribution < -0.4 is 11.1 Å². The molecule has 0 unspecified atom stereocenters. The van der Waals surface area contributed by atoms with Crippen molar-refractivity contribution >= 4 is 17.8 Å². The third-order valence-electron chi connectivity index (χ3n) is 1.65. The fourth-order valence-corrected chi connectivity index (χ4v) is 1.00. The fourth-order valence-electron chi connectivity index (χ4n) is 1.00. The fraction of sp³-hybridized carbons (Fsp3) is 0. The molecule has 0 radical (unpaired) electrons. The Morgan fingerprint density at radius 2 is 2.40 bits per heavy atom. The van der Waals surface area contributed by atoms with E-state index in [9.17, 15) is 4.79 Å². The quantitative estimate of drug-likeness (QED) is 0.639. The number of aromatic amines is 1. The van der Waals surface area contributed by atoms with Gasteiger partial charge in [-0.1, -0.05) is 0 Å². The van der Waals surface area contributed by atoms with Gasteiger partial charge in [-0.2, -0.15) is 4.98 Å². The summed E-state index contributed by atoms with van der Waals surface area (Å²) in [5.41, 5.74) is 5.73. The molecule has 0 aliphatic heterocycles. The number of carbonyl (C=O) groups is 1. The largest absolute Gasteiger partial charge is 0.368 e. The van der Waals surface area contributed by atoms with Crippen LogP contribution in [0.5, 0.6) is 0 Å². The van der Waals surface area contributed by atoms with Gasteiger partial charge in [0.1, 0.15) is 0 Å². The van der Waals surface area contributed by atoms with Gasteiger partial charge in [-0.05, 0) is 12.1 Å². The minimum absolute atomic E-state index is 0.140. The molecule has 2 heterocycles. The number of nitrogens with zero attached hydrogens (tertiary/aromatic N) is 3. The molecule has 0 saturated carbocycles. The van der Waals surface area contributed by atoms with E-state index in [1.54, 1.807) is 18.3 Å². The molecule has 2 rings (SSSR count). The molecule has 15 heavy (non-hydrogen) atoms. The van der Waals surface area contributed by atoms with Gasteiger partial charge in [-0.3, -0.25) is 15.1 Å². The number of anilines is 2. The number of nitrogen functional groups attached to an aromatic ring is 1. The monoisotopic (exact) mass is 204 g/mol. The third-order valence-corrected chi connectivity index (χ3v) is 1.65. The number of amides is 1. The Balaban J connectivity index is 2.11. The van der Waals surface area contributed by atoms with Crippen molar-refractivity contribution in [3.8, 4) is 0 Å². The highest BCUT2D eigenvalue weighted by Crippen LogP contribution is 2.03. The van der Waals surface area contributed by atoms with Gasteiger partial charge < -0.3 is 5.73 Å². The second-order valence-corrected chi connectivity index (χ2v) is 2.74. The lowest BCUT2D eigenvalue weighted by Gasteiger charge is -1.98. The molecule has 0 saturated heterocycles. The van der Waals surface area contributed by atoms with Crippen LogP contribution in [0.1, 0.15) is 10.4 Å². The van der Waals surface area contributed by atoms with Crippen molar-refractivity contribution in [2.24, 2.45) is 0 Å². The highest BCUT2D eigenvalue weighted by atomic mass is 16.1. The highest BCUT2D eigenvalue weighted by molar-refractivity contribution is 6.03. The summed E-state index contributed by atoms with van der Waals surface area (Å²) >= 11 is 0. The van der Waals surface area contributed by atoms with E-state index in [1.807, 2.05) is 0 Å². The maximum Gasteiger partial charge on any atom is 0.259 e. The summed E-state index contributed by atoms with van der Waals surface area (Å²) in [7, 11) is 0. The van der Waals surface area contributed by atoms with Crippen molar-refractivity contribution < 1.29 is 4.79 Å².